The fraction of sp³-hybridized carbons (Fsp3) is 0.429. The van der Waals surface area contributed by atoms with E-state index >= 15 is 0 Å². The second-order valence-corrected chi connectivity index (χ2v) is 9.74. The highest BCUT2D eigenvalue weighted by molar-refractivity contribution is 6.00. The van der Waals surface area contributed by atoms with Gasteiger partial charge in [0.15, 0.2) is 0 Å². The molecule has 10 heteroatoms. The third-order valence-corrected chi connectivity index (χ3v) is 5.74. The molecular weight excluding hydrogens is 490 g/mol. The van der Waals surface area contributed by atoms with Gasteiger partial charge in [0.25, 0.3) is 5.91 Å². The van der Waals surface area contributed by atoms with Crippen molar-refractivity contribution >= 4 is 23.7 Å². The van der Waals surface area contributed by atoms with Gasteiger partial charge in [0.05, 0.1) is 12.2 Å². The fourth-order valence-electron chi connectivity index (χ4n) is 3.69. The van der Waals surface area contributed by atoms with Crippen LogP contribution in [0.4, 0.5) is 0 Å². The minimum Gasteiger partial charge on any atom is -0.488 e. The van der Waals surface area contributed by atoms with Crippen molar-refractivity contribution in [3.05, 3.63) is 65.7 Å². The zero-order valence-electron chi connectivity index (χ0n) is 22.1. The van der Waals surface area contributed by atoms with E-state index < -0.39 is 48.4 Å². The summed E-state index contributed by atoms with van der Waals surface area (Å²) in [4.78, 5) is 50.4. The number of ether oxygens (including phenoxy) is 1. The molecule has 0 fully saturated rings. The summed E-state index contributed by atoms with van der Waals surface area (Å²) < 4.78 is 5.87. The first-order chi connectivity index (χ1) is 18.0. The molecule has 0 aliphatic carbocycles. The van der Waals surface area contributed by atoms with E-state index in [2.05, 4.69) is 16.0 Å². The summed E-state index contributed by atoms with van der Waals surface area (Å²) in [7, 11) is 0. The van der Waals surface area contributed by atoms with Crippen LogP contribution in [-0.4, -0.2) is 58.6 Å². The average molecular weight is 528 g/mol. The Morgan fingerprint density at radius 2 is 1.42 bits per heavy atom. The first-order valence-corrected chi connectivity index (χ1v) is 12.5. The smallest absolute Gasteiger partial charge is 0.328 e. The number of amides is 3. The summed E-state index contributed by atoms with van der Waals surface area (Å²) in [6.07, 6.45) is 0.226. The molecule has 0 saturated carbocycles. The second kappa shape index (κ2) is 14.7. The van der Waals surface area contributed by atoms with Crippen molar-refractivity contribution in [3.8, 4) is 5.75 Å². The lowest BCUT2D eigenvalue weighted by molar-refractivity contribution is -0.143. The highest BCUT2D eigenvalue weighted by Gasteiger charge is 2.31. The molecule has 0 unspecified atom stereocenters. The van der Waals surface area contributed by atoms with E-state index in [1.807, 2.05) is 44.2 Å². The molecule has 0 aliphatic heterocycles. The summed E-state index contributed by atoms with van der Waals surface area (Å²) in [6.45, 7) is 6.68. The molecule has 0 bridgehead atoms. The number of carbonyl (C=O) groups is 4. The van der Waals surface area contributed by atoms with Crippen molar-refractivity contribution in [2.45, 2.75) is 58.8 Å². The Balaban J connectivity index is 2.16. The van der Waals surface area contributed by atoms with Crippen LogP contribution < -0.4 is 20.7 Å². The number of benzene rings is 2. The Labute approximate surface area is 222 Å². The molecule has 2 aromatic carbocycles. The zero-order valence-corrected chi connectivity index (χ0v) is 22.1. The molecule has 10 nitrogen and oxygen atoms in total. The number of carboxylic acid groups (broad SMARTS) is 1. The van der Waals surface area contributed by atoms with E-state index in [1.165, 1.54) is 0 Å². The minimum absolute atomic E-state index is 0.0100. The number of rotatable bonds is 14. The van der Waals surface area contributed by atoms with Gasteiger partial charge in [0.2, 0.25) is 11.8 Å². The monoisotopic (exact) mass is 527 g/mol. The molecule has 0 aliphatic rings. The van der Waals surface area contributed by atoms with Gasteiger partial charge in [-0.2, -0.15) is 0 Å². The Bertz CT molecular complexity index is 1090. The SMILES string of the molecule is CC(C)C[C@H](NC(=O)[C@@H](NC(=O)c1ccccc1OCc1ccccc1)C(C)C)C(=O)N[C@@H](CO)C(=O)O. The molecule has 0 heterocycles. The highest BCUT2D eigenvalue weighted by atomic mass is 16.5. The number of hydrogen-bond acceptors (Lipinski definition) is 6. The van der Waals surface area contributed by atoms with Crippen LogP contribution in [0.15, 0.2) is 54.6 Å². The fourth-order valence-corrected chi connectivity index (χ4v) is 3.69. The van der Waals surface area contributed by atoms with Crippen molar-refractivity contribution < 1.29 is 34.1 Å². The van der Waals surface area contributed by atoms with Crippen molar-refractivity contribution in [2.24, 2.45) is 11.8 Å². The van der Waals surface area contributed by atoms with Crippen LogP contribution in [0.1, 0.15) is 50.0 Å². The van der Waals surface area contributed by atoms with Gasteiger partial charge < -0.3 is 30.9 Å². The summed E-state index contributed by atoms with van der Waals surface area (Å²) in [5, 5.41) is 26.0. The van der Waals surface area contributed by atoms with E-state index in [9.17, 15) is 24.3 Å². The second-order valence-electron chi connectivity index (χ2n) is 9.74. The van der Waals surface area contributed by atoms with E-state index in [1.54, 1.807) is 38.1 Å². The molecule has 3 atom stereocenters. The topological polar surface area (TPSA) is 154 Å². The molecule has 2 rings (SSSR count). The Morgan fingerprint density at radius 1 is 0.816 bits per heavy atom. The maximum atomic E-state index is 13.2. The van der Waals surface area contributed by atoms with Crippen LogP contribution in [0.3, 0.4) is 0 Å². The van der Waals surface area contributed by atoms with Crippen molar-refractivity contribution in [3.63, 3.8) is 0 Å². The molecule has 5 N–H and O–H groups in total. The lowest BCUT2D eigenvalue weighted by atomic mass is 9.99. The molecule has 206 valence electrons. The largest absolute Gasteiger partial charge is 0.488 e. The van der Waals surface area contributed by atoms with Crippen LogP contribution >= 0.6 is 0 Å². The molecular formula is C28H37N3O7. The molecule has 2 aromatic rings. The maximum absolute atomic E-state index is 13.2. The van der Waals surface area contributed by atoms with E-state index in [0.717, 1.165) is 5.56 Å². The lowest BCUT2D eigenvalue weighted by Gasteiger charge is -2.27. The van der Waals surface area contributed by atoms with Gasteiger partial charge in [-0.15, -0.1) is 0 Å². The first kappa shape index (κ1) is 30.3. The van der Waals surface area contributed by atoms with Crippen molar-refractivity contribution in [1.82, 2.24) is 16.0 Å². The molecule has 0 saturated heterocycles. The van der Waals surface area contributed by atoms with Gasteiger partial charge in [-0.1, -0.05) is 70.2 Å². The number of para-hydroxylation sites is 1. The number of aliphatic carboxylic acids is 1. The van der Waals surface area contributed by atoms with Crippen molar-refractivity contribution in [1.29, 1.82) is 0 Å². The quantitative estimate of drug-likeness (QED) is 0.252. The molecule has 0 aromatic heterocycles. The summed E-state index contributed by atoms with van der Waals surface area (Å²) in [6, 6.07) is 12.7. The van der Waals surface area contributed by atoms with E-state index in [4.69, 9.17) is 9.84 Å². The maximum Gasteiger partial charge on any atom is 0.328 e. The number of carbonyl (C=O) groups excluding carboxylic acids is 3. The van der Waals surface area contributed by atoms with Gasteiger partial charge in [0, 0.05) is 0 Å². The van der Waals surface area contributed by atoms with Crippen LogP contribution in [0.2, 0.25) is 0 Å². The predicted octanol–water partition coefficient (Wildman–Crippen LogP) is 2.11. The van der Waals surface area contributed by atoms with Gasteiger partial charge in [-0.25, -0.2) is 4.79 Å². The average Bonchev–Trinajstić information content (AvgIpc) is 2.88. The van der Waals surface area contributed by atoms with Gasteiger partial charge in [0.1, 0.15) is 30.5 Å². The van der Waals surface area contributed by atoms with Crippen LogP contribution in [0, 0.1) is 11.8 Å². The van der Waals surface area contributed by atoms with Crippen LogP contribution in [0.25, 0.3) is 0 Å². The molecule has 0 radical (unpaired) electrons. The number of carboxylic acids is 1. The Hall–Kier alpha value is -3.92. The number of aliphatic hydroxyl groups excluding tert-OH is 1. The number of nitrogens with one attached hydrogen (secondary N) is 3. The standard InChI is InChI=1S/C28H37N3O7/c1-17(2)14-21(26(34)30-22(15-32)28(36)37)29-27(35)24(18(3)4)31-25(33)20-12-8-9-13-23(20)38-16-19-10-6-5-7-11-19/h5-13,17-18,21-22,24,32H,14-16H2,1-4H3,(H,29,35)(H,30,34)(H,31,33)(H,36,37)/t21-,22-,24-/m0/s1. The minimum atomic E-state index is -1.50. The molecule has 3 amide bonds. The highest BCUT2D eigenvalue weighted by Crippen LogP contribution is 2.20. The van der Waals surface area contributed by atoms with Gasteiger partial charge >= 0.3 is 5.97 Å². The molecule has 38 heavy (non-hydrogen) atoms. The van der Waals surface area contributed by atoms with Crippen molar-refractivity contribution in [2.75, 3.05) is 6.61 Å². The zero-order chi connectivity index (χ0) is 28.2. The number of aliphatic hydroxyl groups is 1. The lowest BCUT2D eigenvalue weighted by Crippen LogP contribution is -2.57. The van der Waals surface area contributed by atoms with E-state index in [0.29, 0.717) is 5.75 Å². The van der Waals surface area contributed by atoms with Gasteiger partial charge in [-0.05, 0) is 36.0 Å². The Morgan fingerprint density at radius 3 is 2.00 bits per heavy atom. The van der Waals surface area contributed by atoms with Crippen LogP contribution in [-0.2, 0) is 21.0 Å². The summed E-state index contributed by atoms with van der Waals surface area (Å²) in [5.41, 5.74) is 1.19. The third kappa shape index (κ3) is 9.19. The first-order valence-electron chi connectivity index (χ1n) is 12.5. The predicted molar refractivity (Wildman–Crippen MR) is 141 cm³/mol. The third-order valence-electron chi connectivity index (χ3n) is 5.74. The Kier molecular flexibility index (Phi) is 11.7. The molecule has 0 spiro atoms. The van der Waals surface area contributed by atoms with Gasteiger partial charge in [-0.3, -0.25) is 14.4 Å². The number of hydrogen-bond donors (Lipinski definition) is 5. The summed E-state index contributed by atoms with van der Waals surface area (Å²) >= 11 is 0. The van der Waals surface area contributed by atoms with E-state index in [-0.39, 0.29) is 30.4 Å². The normalized spacial score (nSPS) is 13.3. The summed E-state index contributed by atoms with van der Waals surface area (Å²) in [5.74, 6) is -3.21. The van der Waals surface area contributed by atoms with Crippen LogP contribution in [0.5, 0.6) is 5.75 Å².